The molecular weight excluding hydrogens is 320 g/mol. The van der Waals surface area contributed by atoms with E-state index in [1.807, 2.05) is 72.9 Å². The SMILES string of the molecule is C=CC1=CC2=NC1=CC1=NC(=CC3=NC(=CC4=NC(=C2)C=C4)C=C3)C=C1. The molecule has 8 bridgehead atoms. The molecule has 5 aliphatic rings. The van der Waals surface area contributed by atoms with E-state index in [0.29, 0.717) is 0 Å². The van der Waals surface area contributed by atoms with Gasteiger partial charge in [0.2, 0.25) is 0 Å². The van der Waals surface area contributed by atoms with Crippen LogP contribution in [-0.2, 0) is 0 Å². The van der Waals surface area contributed by atoms with Crippen LogP contribution in [0.25, 0.3) is 0 Å². The van der Waals surface area contributed by atoms with Crippen LogP contribution in [-0.4, -0.2) is 22.8 Å². The van der Waals surface area contributed by atoms with Crippen molar-refractivity contribution < 1.29 is 0 Å². The lowest BCUT2D eigenvalue weighted by Crippen LogP contribution is -1.89. The molecule has 0 spiro atoms. The van der Waals surface area contributed by atoms with Crippen LogP contribution in [0, 0.1) is 0 Å². The fourth-order valence-electron chi connectivity index (χ4n) is 3.08. The lowest BCUT2D eigenvalue weighted by molar-refractivity contribution is 1.39. The van der Waals surface area contributed by atoms with E-state index in [0.717, 1.165) is 51.2 Å². The quantitative estimate of drug-likeness (QED) is 0.692. The van der Waals surface area contributed by atoms with Gasteiger partial charge in [-0.15, -0.1) is 0 Å². The van der Waals surface area contributed by atoms with E-state index < -0.39 is 0 Å². The summed E-state index contributed by atoms with van der Waals surface area (Å²) < 4.78 is 0. The first-order valence-electron chi connectivity index (χ1n) is 8.35. The van der Waals surface area contributed by atoms with Crippen molar-refractivity contribution in [3.8, 4) is 0 Å². The molecule has 26 heavy (non-hydrogen) atoms. The molecule has 0 saturated carbocycles. The molecule has 0 aliphatic carbocycles. The highest BCUT2D eigenvalue weighted by Gasteiger charge is 2.14. The molecule has 4 nitrogen and oxygen atoms in total. The molecule has 122 valence electrons. The number of hydrogen-bond acceptors (Lipinski definition) is 4. The van der Waals surface area contributed by atoms with Gasteiger partial charge in [-0.25, -0.2) is 20.0 Å². The average Bonchev–Trinajstić information content (AvgIpc) is 3.39. The minimum Gasteiger partial charge on any atom is -0.249 e. The van der Waals surface area contributed by atoms with Gasteiger partial charge in [0.05, 0.1) is 45.6 Å². The van der Waals surface area contributed by atoms with Crippen LogP contribution in [0.2, 0.25) is 0 Å². The predicted molar refractivity (Wildman–Crippen MR) is 108 cm³/mol. The molecule has 4 heteroatoms. The maximum Gasteiger partial charge on any atom is 0.0731 e. The van der Waals surface area contributed by atoms with Crippen LogP contribution >= 0.6 is 0 Å². The predicted octanol–water partition coefficient (Wildman–Crippen LogP) is 4.14. The summed E-state index contributed by atoms with van der Waals surface area (Å²) in [5.74, 6) is 0. The highest BCUT2D eigenvalue weighted by molar-refractivity contribution is 6.15. The number of nitrogens with zero attached hydrogens (tertiary/aromatic N) is 4. The van der Waals surface area contributed by atoms with E-state index in [1.165, 1.54) is 0 Å². The Morgan fingerprint density at radius 1 is 0.538 bits per heavy atom. The Bertz CT molecular complexity index is 1120. The van der Waals surface area contributed by atoms with Crippen molar-refractivity contribution in [1.82, 2.24) is 0 Å². The van der Waals surface area contributed by atoms with E-state index in [-0.39, 0.29) is 0 Å². The summed E-state index contributed by atoms with van der Waals surface area (Å²) in [7, 11) is 0. The van der Waals surface area contributed by atoms with Gasteiger partial charge >= 0.3 is 0 Å². The molecule has 5 heterocycles. The van der Waals surface area contributed by atoms with Crippen molar-refractivity contribution in [1.29, 1.82) is 0 Å². The van der Waals surface area contributed by atoms with Gasteiger partial charge in [0.1, 0.15) is 0 Å². The van der Waals surface area contributed by atoms with Gasteiger partial charge < -0.3 is 0 Å². The van der Waals surface area contributed by atoms with Crippen LogP contribution in [0.3, 0.4) is 0 Å². The Morgan fingerprint density at radius 2 is 1.04 bits per heavy atom. The largest absolute Gasteiger partial charge is 0.249 e. The minimum absolute atomic E-state index is 0.856. The van der Waals surface area contributed by atoms with Crippen molar-refractivity contribution in [2.24, 2.45) is 20.0 Å². The summed E-state index contributed by atoms with van der Waals surface area (Å²) in [6.45, 7) is 3.89. The monoisotopic (exact) mass is 334 g/mol. The third kappa shape index (κ3) is 2.67. The molecule has 0 radical (unpaired) electrons. The Morgan fingerprint density at radius 3 is 1.58 bits per heavy atom. The summed E-state index contributed by atoms with van der Waals surface area (Å²) in [5, 5.41) is 0. The molecule has 0 aromatic heterocycles. The highest BCUT2D eigenvalue weighted by Crippen LogP contribution is 2.24. The Kier molecular flexibility index (Phi) is 3.22. The van der Waals surface area contributed by atoms with Gasteiger partial charge in [-0.2, -0.15) is 0 Å². The third-order valence-electron chi connectivity index (χ3n) is 4.29. The number of fused-ring (bicyclic) bond motifs is 4. The van der Waals surface area contributed by atoms with Gasteiger partial charge in [0.15, 0.2) is 0 Å². The zero-order chi connectivity index (χ0) is 17.5. The molecule has 0 unspecified atom stereocenters. The maximum absolute atomic E-state index is 4.69. The first-order chi connectivity index (χ1) is 12.7. The first-order valence-corrected chi connectivity index (χ1v) is 8.35. The molecule has 0 aromatic carbocycles. The van der Waals surface area contributed by atoms with Crippen LogP contribution in [0.4, 0.5) is 0 Å². The van der Waals surface area contributed by atoms with E-state index in [4.69, 9.17) is 4.99 Å². The summed E-state index contributed by atoms with van der Waals surface area (Å²) in [6.07, 6.45) is 23.6. The van der Waals surface area contributed by atoms with Crippen LogP contribution in [0.15, 0.2) is 128 Å². The second kappa shape index (κ2) is 5.70. The molecule has 5 aliphatic heterocycles. The van der Waals surface area contributed by atoms with Gasteiger partial charge in [0.25, 0.3) is 0 Å². The second-order valence-corrected chi connectivity index (χ2v) is 6.19. The van der Waals surface area contributed by atoms with Crippen molar-refractivity contribution in [3.05, 3.63) is 108 Å². The molecule has 0 atom stereocenters. The van der Waals surface area contributed by atoms with Crippen molar-refractivity contribution >= 4 is 22.8 Å². The molecule has 0 saturated heterocycles. The topological polar surface area (TPSA) is 49.4 Å². The minimum atomic E-state index is 0.856. The Labute approximate surface area is 151 Å². The second-order valence-electron chi connectivity index (χ2n) is 6.19. The maximum atomic E-state index is 4.69. The summed E-state index contributed by atoms with van der Waals surface area (Å²) in [6, 6.07) is 0. The van der Waals surface area contributed by atoms with E-state index in [1.54, 1.807) is 0 Å². The van der Waals surface area contributed by atoms with Crippen LogP contribution < -0.4 is 0 Å². The van der Waals surface area contributed by atoms with Gasteiger partial charge in [-0.05, 0) is 66.8 Å². The number of hydrogen-bond donors (Lipinski definition) is 0. The van der Waals surface area contributed by atoms with Gasteiger partial charge in [-0.1, -0.05) is 12.7 Å². The molecule has 0 fully saturated rings. The molecule has 0 amide bonds. The van der Waals surface area contributed by atoms with Crippen molar-refractivity contribution in [2.45, 2.75) is 0 Å². The van der Waals surface area contributed by atoms with Crippen LogP contribution in [0.5, 0.6) is 0 Å². The smallest absolute Gasteiger partial charge is 0.0731 e. The van der Waals surface area contributed by atoms with E-state index in [9.17, 15) is 0 Å². The summed E-state index contributed by atoms with van der Waals surface area (Å²) >= 11 is 0. The average molecular weight is 334 g/mol. The van der Waals surface area contributed by atoms with E-state index >= 15 is 0 Å². The lowest BCUT2D eigenvalue weighted by Gasteiger charge is -1.96. The fraction of sp³-hybridized carbons (Fsp3) is 0. The normalized spacial score (nSPS) is 22.1. The zero-order valence-corrected chi connectivity index (χ0v) is 13.9. The van der Waals surface area contributed by atoms with Crippen LogP contribution in [0.1, 0.15) is 0 Å². The van der Waals surface area contributed by atoms with Gasteiger partial charge in [-0.3, -0.25) is 0 Å². The lowest BCUT2D eigenvalue weighted by atomic mass is 10.1. The highest BCUT2D eigenvalue weighted by atomic mass is 14.8. The molecular formula is C22H14N4. The number of rotatable bonds is 1. The third-order valence-corrected chi connectivity index (χ3v) is 4.29. The van der Waals surface area contributed by atoms with Crippen molar-refractivity contribution in [2.75, 3.05) is 0 Å². The standard InChI is InChI=1S/C22H14N4/c1-2-14-9-21-12-19-6-5-17(24-19)10-15-3-4-16(23-15)11-18-7-8-20(25-18)13-22(14)26-21/h2-13H,1H2. The summed E-state index contributed by atoms with van der Waals surface area (Å²) in [5.41, 5.74) is 7.95. The Hall–Kier alpha value is -3.66. The molecule has 5 rings (SSSR count). The van der Waals surface area contributed by atoms with Gasteiger partial charge in [0, 0.05) is 5.57 Å². The number of aliphatic imine (C=N–C) groups is 4. The molecule has 0 aromatic rings. The zero-order valence-electron chi connectivity index (χ0n) is 13.9. The fourth-order valence-corrected chi connectivity index (χ4v) is 3.08. The molecule has 0 N–H and O–H groups in total. The van der Waals surface area contributed by atoms with E-state index in [2.05, 4.69) is 21.6 Å². The van der Waals surface area contributed by atoms with Crippen molar-refractivity contribution in [3.63, 3.8) is 0 Å². The first kappa shape index (κ1) is 14.7. The Balaban J connectivity index is 1.67. The number of allylic oxidation sites excluding steroid dienone is 12. The summed E-state index contributed by atoms with van der Waals surface area (Å²) in [4.78, 5) is 18.6.